The zero-order valence-corrected chi connectivity index (χ0v) is 10.5. The van der Waals surface area contributed by atoms with Gasteiger partial charge in [0.15, 0.2) is 11.6 Å². The van der Waals surface area contributed by atoms with Crippen LogP contribution in [0, 0.1) is 11.6 Å². The molecule has 2 atom stereocenters. The topological polar surface area (TPSA) is 49.8 Å². The fraction of sp³-hybridized carbons (Fsp3) is 0.462. The average molecular weight is 271 g/mol. The first-order valence-corrected chi connectivity index (χ1v) is 6.02. The third-order valence-electron chi connectivity index (χ3n) is 2.98. The second-order valence-corrected chi connectivity index (χ2v) is 4.59. The minimum Gasteiger partial charge on any atom is -0.394 e. The maximum absolute atomic E-state index is 13.1. The van der Waals surface area contributed by atoms with Crippen molar-refractivity contribution >= 4 is 5.91 Å². The number of aliphatic hydroxyl groups is 1. The number of benzene rings is 1. The summed E-state index contributed by atoms with van der Waals surface area (Å²) in [4.78, 5) is 13.6. The van der Waals surface area contributed by atoms with Gasteiger partial charge in [0.1, 0.15) is 0 Å². The summed E-state index contributed by atoms with van der Waals surface area (Å²) in [6.07, 6.45) is -0.654. The van der Waals surface area contributed by atoms with E-state index < -0.39 is 23.6 Å². The van der Waals surface area contributed by atoms with Gasteiger partial charge >= 0.3 is 0 Å². The highest BCUT2D eigenvalue weighted by Gasteiger charge is 2.28. The van der Waals surface area contributed by atoms with Crippen molar-refractivity contribution in [1.82, 2.24) is 4.90 Å². The fourth-order valence-corrected chi connectivity index (χ4v) is 2.12. The molecule has 1 fully saturated rings. The molecule has 1 saturated heterocycles. The van der Waals surface area contributed by atoms with Gasteiger partial charge in [0.05, 0.1) is 18.8 Å². The maximum Gasteiger partial charge on any atom is 0.254 e. The van der Waals surface area contributed by atoms with Crippen molar-refractivity contribution < 1.29 is 23.4 Å². The monoisotopic (exact) mass is 271 g/mol. The molecular formula is C13H15F2NO3. The SMILES string of the molecule is CC1CN(C(=O)c2ccc(F)c(F)c2)CC(CO)O1. The molecule has 19 heavy (non-hydrogen) atoms. The van der Waals surface area contributed by atoms with Crippen LogP contribution in [-0.4, -0.2) is 47.8 Å². The summed E-state index contributed by atoms with van der Waals surface area (Å²) in [7, 11) is 0. The smallest absolute Gasteiger partial charge is 0.254 e. The maximum atomic E-state index is 13.1. The first-order valence-electron chi connectivity index (χ1n) is 6.02. The second kappa shape index (κ2) is 5.63. The Balaban J connectivity index is 2.16. The number of rotatable bonds is 2. The van der Waals surface area contributed by atoms with Crippen LogP contribution >= 0.6 is 0 Å². The van der Waals surface area contributed by atoms with Crippen LogP contribution in [0.5, 0.6) is 0 Å². The van der Waals surface area contributed by atoms with Crippen LogP contribution in [0.1, 0.15) is 17.3 Å². The van der Waals surface area contributed by atoms with E-state index in [0.717, 1.165) is 12.1 Å². The largest absolute Gasteiger partial charge is 0.394 e. The molecule has 104 valence electrons. The molecule has 4 nitrogen and oxygen atoms in total. The average Bonchev–Trinajstić information content (AvgIpc) is 2.40. The van der Waals surface area contributed by atoms with E-state index in [1.165, 1.54) is 11.0 Å². The number of hydrogen-bond acceptors (Lipinski definition) is 3. The number of aliphatic hydroxyl groups excluding tert-OH is 1. The van der Waals surface area contributed by atoms with Gasteiger partial charge in [0, 0.05) is 18.7 Å². The number of carbonyl (C=O) groups excluding carboxylic acids is 1. The summed E-state index contributed by atoms with van der Waals surface area (Å²) in [6, 6.07) is 3.05. The Labute approximate surface area is 109 Å². The Morgan fingerprint density at radius 2 is 2.16 bits per heavy atom. The van der Waals surface area contributed by atoms with E-state index in [2.05, 4.69) is 0 Å². The van der Waals surface area contributed by atoms with Gasteiger partial charge in [-0.2, -0.15) is 0 Å². The number of carbonyl (C=O) groups is 1. The van der Waals surface area contributed by atoms with E-state index in [9.17, 15) is 13.6 Å². The number of ether oxygens (including phenoxy) is 1. The summed E-state index contributed by atoms with van der Waals surface area (Å²) in [6.45, 7) is 2.19. The lowest BCUT2D eigenvalue weighted by molar-refractivity contribution is -0.0858. The van der Waals surface area contributed by atoms with Gasteiger partial charge in [0.2, 0.25) is 0 Å². The first kappa shape index (κ1) is 13.9. The minimum atomic E-state index is -1.05. The number of amides is 1. The number of hydrogen-bond donors (Lipinski definition) is 1. The molecular weight excluding hydrogens is 256 g/mol. The van der Waals surface area contributed by atoms with E-state index in [4.69, 9.17) is 9.84 Å². The normalized spacial score (nSPS) is 23.5. The molecule has 1 aliphatic heterocycles. The molecule has 0 spiro atoms. The van der Waals surface area contributed by atoms with Gasteiger partial charge in [-0.1, -0.05) is 0 Å². The predicted octanol–water partition coefficient (Wildman–Crippen LogP) is 1.19. The van der Waals surface area contributed by atoms with Crippen molar-refractivity contribution in [2.24, 2.45) is 0 Å². The number of halogens is 2. The quantitative estimate of drug-likeness (QED) is 0.879. The Kier molecular flexibility index (Phi) is 4.11. The Morgan fingerprint density at radius 1 is 1.42 bits per heavy atom. The lowest BCUT2D eigenvalue weighted by Gasteiger charge is -2.36. The predicted molar refractivity (Wildman–Crippen MR) is 63.7 cm³/mol. The van der Waals surface area contributed by atoms with Gasteiger partial charge in [-0.15, -0.1) is 0 Å². The molecule has 2 rings (SSSR count). The lowest BCUT2D eigenvalue weighted by Crippen LogP contribution is -2.50. The van der Waals surface area contributed by atoms with Crippen LogP contribution in [0.3, 0.4) is 0 Å². The van der Waals surface area contributed by atoms with E-state index >= 15 is 0 Å². The standard InChI is InChI=1S/C13H15F2NO3/c1-8-5-16(6-10(7-17)19-8)13(18)9-2-3-11(14)12(15)4-9/h2-4,8,10,17H,5-7H2,1H3. The molecule has 1 aliphatic rings. The van der Waals surface area contributed by atoms with Crippen molar-refractivity contribution in [3.8, 4) is 0 Å². The van der Waals surface area contributed by atoms with Crippen LogP contribution in [0.4, 0.5) is 8.78 Å². The van der Waals surface area contributed by atoms with Crippen LogP contribution in [0.25, 0.3) is 0 Å². The molecule has 2 unspecified atom stereocenters. The summed E-state index contributed by atoms with van der Waals surface area (Å²) in [5.74, 6) is -2.43. The third-order valence-corrected chi connectivity index (χ3v) is 2.98. The van der Waals surface area contributed by atoms with Gasteiger partial charge in [0.25, 0.3) is 5.91 Å². The van der Waals surface area contributed by atoms with Gasteiger partial charge in [-0.05, 0) is 25.1 Å². The van der Waals surface area contributed by atoms with Crippen molar-refractivity contribution in [1.29, 1.82) is 0 Å². The van der Waals surface area contributed by atoms with Crippen molar-refractivity contribution in [3.05, 3.63) is 35.4 Å². The van der Waals surface area contributed by atoms with Crippen LogP contribution in [0.2, 0.25) is 0 Å². The highest BCUT2D eigenvalue weighted by molar-refractivity contribution is 5.94. The number of morpholine rings is 1. The molecule has 0 saturated carbocycles. The zero-order chi connectivity index (χ0) is 14.0. The van der Waals surface area contributed by atoms with Crippen molar-refractivity contribution in [3.63, 3.8) is 0 Å². The van der Waals surface area contributed by atoms with Gasteiger partial charge < -0.3 is 14.7 Å². The van der Waals surface area contributed by atoms with E-state index in [-0.39, 0.29) is 24.8 Å². The molecule has 0 aliphatic carbocycles. The van der Waals surface area contributed by atoms with E-state index in [1.807, 2.05) is 0 Å². The lowest BCUT2D eigenvalue weighted by atomic mass is 10.1. The minimum absolute atomic E-state index is 0.0877. The molecule has 1 aromatic rings. The molecule has 1 heterocycles. The molecule has 0 radical (unpaired) electrons. The highest BCUT2D eigenvalue weighted by atomic mass is 19.2. The Morgan fingerprint density at radius 3 is 2.79 bits per heavy atom. The summed E-state index contributed by atoms with van der Waals surface area (Å²) < 4.78 is 31.4. The second-order valence-electron chi connectivity index (χ2n) is 4.59. The summed E-state index contributed by atoms with van der Waals surface area (Å²) >= 11 is 0. The molecule has 6 heteroatoms. The van der Waals surface area contributed by atoms with Crippen LogP contribution < -0.4 is 0 Å². The molecule has 1 aromatic carbocycles. The van der Waals surface area contributed by atoms with E-state index in [1.54, 1.807) is 6.92 Å². The van der Waals surface area contributed by atoms with E-state index in [0.29, 0.717) is 6.54 Å². The highest BCUT2D eigenvalue weighted by Crippen LogP contribution is 2.16. The Hall–Kier alpha value is -1.53. The zero-order valence-electron chi connectivity index (χ0n) is 10.5. The van der Waals surface area contributed by atoms with Crippen molar-refractivity contribution in [2.45, 2.75) is 19.1 Å². The first-order chi connectivity index (χ1) is 9.01. The van der Waals surface area contributed by atoms with Gasteiger partial charge in [-0.25, -0.2) is 8.78 Å². The third kappa shape index (κ3) is 3.08. The summed E-state index contributed by atoms with van der Waals surface area (Å²) in [5.41, 5.74) is 0.0877. The summed E-state index contributed by atoms with van der Waals surface area (Å²) in [5, 5.41) is 9.09. The molecule has 0 aromatic heterocycles. The molecule has 1 amide bonds. The van der Waals surface area contributed by atoms with Crippen molar-refractivity contribution in [2.75, 3.05) is 19.7 Å². The van der Waals surface area contributed by atoms with Crippen LogP contribution in [0.15, 0.2) is 18.2 Å². The van der Waals surface area contributed by atoms with Gasteiger partial charge in [-0.3, -0.25) is 4.79 Å². The molecule has 0 bridgehead atoms. The fourth-order valence-electron chi connectivity index (χ4n) is 2.12. The molecule has 1 N–H and O–H groups in total. The number of nitrogens with zero attached hydrogens (tertiary/aromatic N) is 1. The van der Waals surface area contributed by atoms with Crippen LogP contribution in [-0.2, 0) is 4.74 Å². The Bertz CT molecular complexity index is 481.